The molecule has 2 unspecified atom stereocenters. The van der Waals surface area contributed by atoms with Crippen molar-refractivity contribution >= 4 is 5.91 Å². The van der Waals surface area contributed by atoms with Crippen LogP contribution in [0, 0.1) is 0 Å². The van der Waals surface area contributed by atoms with Crippen LogP contribution >= 0.6 is 0 Å². The van der Waals surface area contributed by atoms with Crippen LogP contribution in [0.3, 0.4) is 0 Å². The monoisotopic (exact) mass is 279 g/mol. The van der Waals surface area contributed by atoms with E-state index in [0.29, 0.717) is 26.0 Å². The lowest BCUT2D eigenvalue weighted by Gasteiger charge is -2.25. The number of para-hydroxylation sites is 1. The number of carbonyl (C=O) groups is 1. The van der Waals surface area contributed by atoms with Crippen LogP contribution in [0.5, 0.6) is 5.75 Å². The van der Waals surface area contributed by atoms with Crippen molar-refractivity contribution < 1.29 is 19.4 Å². The summed E-state index contributed by atoms with van der Waals surface area (Å²) in [7, 11) is 1.54. The van der Waals surface area contributed by atoms with Crippen molar-refractivity contribution in [2.24, 2.45) is 0 Å². The predicted octanol–water partition coefficient (Wildman–Crippen LogP) is 1.07. The summed E-state index contributed by atoms with van der Waals surface area (Å²) < 4.78 is 10.4. The second kappa shape index (κ2) is 7.26. The summed E-state index contributed by atoms with van der Waals surface area (Å²) in [4.78, 5) is 12.2. The molecule has 0 saturated heterocycles. The summed E-state index contributed by atoms with van der Waals surface area (Å²) in [6.45, 7) is 1.29. The highest BCUT2D eigenvalue weighted by Gasteiger charge is 2.27. The Hall–Kier alpha value is -1.59. The van der Waals surface area contributed by atoms with E-state index in [0.717, 1.165) is 11.3 Å². The predicted molar refractivity (Wildman–Crippen MR) is 74.8 cm³/mol. The SMILES string of the molecule is COCC(O)CCNC(=O)C1CCOc2ccccc21. The molecule has 20 heavy (non-hydrogen) atoms. The first-order chi connectivity index (χ1) is 9.72. The molecule has 1 aliphatic heterocycles. The van der Waals surface area contributed by atoms with Crippen LogP contribution in [0.25, 0.3) is 0 Å². The molecule has 1 amide bonds. The molecule has 1 aliphatic rings. The average Bonchev–Trinajstić information content (AvgIpc) is 2.47. The molecule has 2 N–H and O–H groups in total. The van der Waals surface area contributed by atoms with Crippen molar-refractivity contribution in [3.8, 4) is 5.75 Å². The average molecular weight is 279 g/mol. The number of rotatable bonds is 6. The van der Waals surface area contributed by atoms with E-state index in [1.807, 2.05) is 24.3 Å². The Morgan fingerprint density at radius 1 is 1.55 bits per heavy atom. The molecule has 1 heterocycles. The maximum atomic E-state index is 12.2. The Morgan fingerprint density at radius 2 is 2.35 bits per heavy atom. The van der Waals surface area contributed by atoms with Gasteiger partial charge in [0.1, 0.15) is 5.75 Å². The van der Waals surface area contributed by atoms with Gasteiger partial charge in [0, 0.05) is 19.2 Å². The van der Waals surface area contributed by atoms with Gasteiger partial charge in [-0.25, -0.2) is 0 Å². The number of ether oxygens (including phenoxy) is 2. The van der Waals surface area contributed by atoms with E-state index in [1.165, 1.54) is 0 Å². The molecule has 2 atom stereocenters. The number of hydrogen-bond acceptors (Lipinski definition) is 4. The molecule has 0 aromatic heterocycles. The van der Waals surface area contributed by atoms with Gasteiger partial charge in [-0.2, -0.15) is 0 Å². The van der Waals surface area contributed by atoms with Gasteiger partial charge < -0.3 is 19.9 Å². The molecular formula is C15H21NO4. The first kappa shape index (κ1) is 14.8. The van der Waals surface area contributed by atoms with Gasteiger partial charge in [0.25, 0.3) is 0 Å². The highest BCUT2D eigenvalue weighted by molar-refractivity contribution is 5.84. The van der Waals surface area contributed by atoms with Gasteiger partial charge >= 0.3 is 0 Å². The Morgan fingerprint density at radius 3 is 3.15 bits per heavy atom. The Bertz CT molecular complexity index is 449. The van der Waals surface area contributed by atoms with E-state index in [9.17, 15) is 9.90 Å². The van der Waals surface area contributed by atoms with Crippen molar-refractivity contribution in [1.82, 2.24) is 5.32 Å². The number of amides is 1. The Balaban J connectivity index is 1.87. The summed E-state index contributed by atoms with van der Waals surface area (Å²) in [5.41, 5.74) is 0.939. The fraction of sp³-hybridized carbons (Fsp3) is 0.533. The van der Waals surface area contributed by atoms with Crippen molar-refractivity contribution in [2.45, 2.75) is 24.9 Å². The van der Waals surface area contributed by atoms with Gasteiger partial charge in [-0.3, -0.25) is 4.79 Å². The zero-order valence-electron chi connectivity index (χ0n) is 11.7. The zero-order chi connectivity index (χ0) is 14.4. The molecule has 0 fully saturated rings. The van der Waals surface area contributed by atoms with Gasteiger partial charge in [-0.15, -0.1) is 0 Å². The van der Waals surface area contributed by atoms with E-state index >= 15 is 0 Å². The third kappa shape index (κ3) is 3.71. The highest BCUT2D eigenvalue weighted by Crippen LogP contribution is 2.33. The molecule has 2 rings (SSSR count). The lowest BCUT2D eigenvalue weighted by molar-refractivity contribution is -0.123. The number of fused-ring (bicyclic) bond motifs is 1. The number of aliphatic hydroxyl groups excluding tert-OH is 1. The van der Waals surface area contributed by atoms with Crippen LogP contribution in [0.15, 0.2) is 24.3 Å². The maximum Gasteiger partial charge on any atom is 0.227 e. The lowest BCUT2D eigenvalue weighted by Crippen LogP contribution is -2.34. The first-order valence-corrected chi connectivity index (χ1v) is 6.89. The van der Waals surface area contributed by atoms with Crippen LogP contribution in [0.1, 0.15) is 24.3 Å². The van der Waals surface area contributed by atoms with Crippen molar-refractivity contribution in [2.75, 3.05) is 26.9 Å². The Labute approximate surface area is 118 Å². The summed E-state index contributed by atoms with van der Waals surface area (Å²) in [6, 6.07) is 7.63. The van der Waals surface area contributed by atoms with Crippen molar-refractivity contribution in [3.63, 3.8) is 0 Å². The zero-order valence-corrected chi connectivity index (χ0v) is 11.7. The van der Waals surface area contributed by atoms with Crippen LogP contribution in [-0.4, -0.2) is 44.0 Å². The molecule has 1 aromatic rings. The van der Waals surface area contributed by atoms with Crippen LogP contribution < -0.4 is 10.1 Å². The number of aliphatic hydroxyl groups is 1. The third-order valence-electron chi connectivity index (χ3n) is 3.41. The van der Waals surface area contributed by atoms with E-state index in [4.69, 9.17) is 9.47 Å². The molecule has 110 valence electrons. The molecular weight excluding hydrogens is 258 g/mol. The maximum absolute atomic E-state index is 12.2. The van der Waals surface area contributed by atoms with E-state index in [-0.39, 0.29) is 18.4 Å². The number of carbonyl (C=O) groups excluding carboxylic acids is 1. The topological polar surface area (TPSA) is 67.8 Å². The van der Waals surface area contributed by atoms with Crippen LogP contribution in [0.2, 0.25) is 0 Å². The number of hydrogen-bond donors (Lipinski definition) is 2. The largest absolute Gasteiger partial charge is 0.493 e. The van der Waals surface area contributed by atoms with Gasteiger partial charge in [-0.1, -0.05) is 18.2 Å². The Kier molecular flexibility index (Phi) is 5.38. The molecule has 5 heteroatoms. The summed E-state index contributed by atoms with van der Waals surface area (Å²) >= 11 is 0. The number of nitrogens with one attached hydrogen (secondary N) is 1. The van der Waals surface area contributed by atoms with Gasteiger partial charge in [-0.05, 0) is 18.9 Å². The minimum atomic E-state index is -0.540. The van der Waals surface area contributed by atoms with E-state index in [2.05, 4.69) is 5.32 Å². The van der Waals surface area contributed by atoms with Crippen LogP contribution in [0.4, 0.5) is 0 Å². The van der Waals surface area contributed by atoms with E-state index < -0.39 is 6.10 Å². The third-order valence-corrected chi connectivity index (χ3v) is 3.41. The summed E-state index contributed by atoms with van der Waals surface area (Å²) in [5.74, 6) is 0.614. The highest BCUT2D eigenvalue weighted by atomic mass is 16.5. The fourth-order valence-corrected chi connectivity index (χ4v) is 2.38. The molecule has 0 radical (unpaired) electrons. The first-order valence-electron chi connectivity index (χ1n) is 6.89. The molecule has 0 bridgehead atoms. The quantitative estimate of drug-likeness (QED) is 0.817. The second-order valence-corrected chi connectivity index (χ2v) is 4.92. The minimum absolute atomic E-state index is 0.00892. The van der Waals surface area contributed by atoms with Crippen LogP contribution in [-0.2, 0) is 9.53 Å². The van der Waals surface area contributed by atoms with Gasteiger partial charge in [0.05, 0.1) is 25.2 Å². The second-order valence-electron chi connectivity index (χ2n) is 4.92. The number of benzene rings is 1. The molecule has 0 saturated carbocycles. The minimum Gasteiger partial charge on any atom is -0.493 e. The van der Waals surface area contributed by atoms with E-state index in [1.54, 1.807) is 7.11 Å². The summed E-state index contributed by atoms with van der Waals surface area (Å²) in [6.07, 6.45) is 0.635. The lowest BCUT2D eigenvalue weighted by atomic mass is 9.92. The van der Waals surface area contributed by atoms with Crippen molar-refractivity contribution in [1.29, 1.82) is 0 Å². The molecule has 5 nitrogen and oxygen atoms in total. The molecule has 0 spiro atoms. The smallest absolute Gasteiger partial charge is 0.227 e. The molecule has 1 aromatic carbocycles. The molecule has 0 aliphatic carbocycles. The number of methoxy groups -OCH3 is 1. The normalized spacial score (nSPS) is 18.8. The van der Waals surface area contributed by atoms with Gasteiger partial charge in [0.15, 0.2) is 0 Å². The summed E-state index contributed by atoms with van der Waals surface area (Å²) in [5, 5.41) is 12.4. The standard InChI is InChI=1S/C15H21NO4/c1-19-10-11(17)6-8-16-15(18)13-7-9-20-14-5-3-2-4-12(13)14/h2-5,11,13,17H,6-10H2,1H3,(H,16,18). The fourth-order valence-electron chi connectivity index (χ4n) is 2.38. The van der Waals surface area contributed by atoms with Gasteiger partial charge in [0.2, 0.25) is 5.91 Å². The van der Waals surface area contributed by atoms with Crippen molar-refractivity contribution in [3.05, 3.63) is 29.8 Å².